The van der Waals surface area contributed by atoms with Crippen molar-refractivity contribution in [3.63, 3.8) is 0 Å². The fraction of sp³-hybridized carbons (Fsp3) is 0.875. The molecule has 0 heterocycles. The molecule has 1 heteroatoms. The van der Waals surface area contributed by atoms with E-state index in [1.807, 2.05) is 6.08 Å². The zero-order valence-corrected chi connectivity index (χ0v) is 14.2. The van der Waals surface area contributed by atoms with Crippen molar-refractivity contribution in [2.45, 2.75) is 87.1 Å². The average Bonchev–Trinajstić information content (AvgIpc) is 2.35. The van der Waals surface area contributed by atoms with Crippen LogP contribution in [0.5, 0.6) is 0 Å². The molecule has 0 rings (SSSR count). The van der Waals surface area contributed by atoms with Crippen LogP contribution >= 0.6 is 0 Å². The molecule has 0 nitrogen and oxygen atoms in total. The summed E-state index contributed by atoms with van der Waals surface area (Å²) in [6.45, 7) is 3.76. The molecule has 0 aromatic rings. The zero-order valence-electron chi connectivity index (χ0n) is 12.2. The van der Waals surface area contributed by atoms with Crippen LogP contribution in [0.1, 0.15) is 83.5 Å². The Morgan fingerprint density at radius 2 is 0.941 bits per heavy atom. The second kappa shape index (κ2) is 16.7. The maximum absolute atomic E-state index is 3.76. The van der Waals surface area contributed by atoms with Crippen molar-refractivity contribution in [2.75, 3.05) is 0 Å². The molecule has 0 amide bonds. The van der Waals surface area contributed by atoms with E-state index >= 15 is 0 Å². The molecule has 0 aromatic heterocycles. The first-order valence-corrected chi connectivity index (χ1v) is 9.44. The SMILES string of the molecule is C=CCCCCCCCCCCCCC[CH2][Na]. The van der Waals surface area contributed by atoms with Crippen molar-refractivity contribution in [1.29, 1.82) is 0 Å². The van der Waals surface area contributed by atoms with Crippen LogP contribution in [-0.4, -0.2) is 27.9 Å². The molecule has 0 saturated heterocycles. The van der Waals surface area contributed by atoms with Gasteiger partial charge in [0.15, 0.2) is 0 Å². The van der Waals surface area contributed by atoms with Crippen molar-refractivity contribution in [3.05, 3.63) is 12.7 Å². The second-order valence-electron chi connectivity index (χ2n) is 5.32. The van der Waals surface area contributed by atoms with Crippen molar-refractivity contribution >= 4 is 27.9 Å². The maximum atomic E-state index is 3.76. The summed E-state index contributed by atoms with van der Waals surface area (Å²) < 4.78 is 1.51. The number of rotatable bonds is 14. The van der Waals surface area contributed by atoms with Gasteiger partial charge >= 0.3 is 102 Å². The molecule has 0 radical (unpaired) electrons. The van der Waals surface area contributed by atoms with E-state index in [1.165, 1.54) is 115 Å². The molecule has 0 atom stereocenters. The Hall–Kier alpha value is 0.740. The molecule has 0 aromatic carbocycles. The van der Waals surface area contributed by atoms with Gasteiger partial charge in [0.2, 0.25) is 0 Å². The Labute approximate surface area is 127 Å². The van der Waals surface area contributed by atoms with E-state index in [9.17, 15) is 0 Å². The molecule has 0 spiro atoms. The minimum absolute atomic E-state index is 1.21. The summed E-state index contributed by atoms with van der Waals surface area (Å²) in [4.78, 5) is 0. The number of unbranched alkanes of at least 4 members (excludes halogenated alkanes) is 12. The monoisotopic (exact) mass is 246 g/mol. The summed E-state index contributed by atoms with van der Waals surface area (Å²) in [6, 6.07) is 0. The van der Waals surface area contributed by atoms with Crippen LogP contribution in [0.2, 0.25) is 3.67 Å². The predicted molar refractivity (Wildman–Crippen MR) is 80.8 cm³/mol. The summed E-state index contributed by atoms with van der Waals surface area (Å²) in [5.74, 6) is 0. The van der Waals surface area contributed by atoms with Crippen LogP contribution < -0.4 is 0 Å². The van der Waals surface area contributed by atoms with Crippen molar-refractivity contribution in [3.8, 4) is 0 Å². The first-order valence-electron chi connectivity index (χ1n) is 8.02. The molecule has 0 bridgehead atoms. The van der Waals surface area contributed by atoms with Gasteiger partial charge < -0.3 is 0 Å². The molecular formula is C16H31Na. The van der Waals surface area contributed by atoms with Gasteiger partial charge in [-0.05, 0) is 12.8 Å². The zero-order chi connectivity index (χ0) is 12.6. The first kappa shape index (κ1) is 17.7. The van der Waals surface area contributed by atoms with E-state index in [0.29, 0.717) is 0 Å². The van der Waals surface area contributed by atoms with Crippen LogP contribution in [0, 0.1) is 0 Å². The first-order chi connectivity index (χ1) is 8.41. The van der Waals surface area contributed by atoms with Gasteiger partial charge in [-0.25, -0.2) is 0 Å². The molecule has 17 heavy (non-hydrogen) atoms. The van der Waals surface area contributed by atoms with E-state index in [1.54, 1.807) is 0 Å². The summed E-state index contributed by atoms with van der Waals surface area (Å²) >= 11 is 1.40. The van der Waals surface area contributed by atoms with Gasteiger partial charge in [0.25, 0.3) is 0 Å². The summed E-state index contributed by atoms with van der Waals surface area (Å²) in [7, 11) is 0. The van der Waals surface area contributed by atoms with E-state index in [4.69, 9.17) is 0 Å². The van der Waals surface area contributed by atoms with Crippen LogP contribution in [0.4, 0.5) is 0 Å². The van der Waals surface area contributed by atoms with E-state index in [-0.39, 0.29) is 0 Å². The molecule has 0 unspecified atom stereocenters. The fourth-order valence-electron chi connectivity index (χ4n) is 2.31. The fourth-order valence-corrected chi connectivity index (χ4v) is 2.81. The molecule has 0 fully saturated rings. The third kappa shape index (κ3) is 16.7. The standard InChI is InChI=1S/C16H31.Na/c1-3-5-7-9-11-13-15-16-14-12-10-8-6-4-2;/h3H,1-2,4-16H2;. The van der Waals surface area contributed by atoms with Gasteiger partial charge in [-0.3, -0.25) is 0 Å². The van der Waals surface area contributed by atoms with Gasteiger partial charge in [-0.2, -0.15) is 0 Å². The average molecular weight is 246 g/mol. The van der Waals surface area contributed by atoms with Gasteiger partial charge in [-0.15, -0.1) is 6.58 Å². The van der Waals surface area contributed by atoms with Crippen molar-refractivity contribution in [2.24, 2.45) is 0 Å². The van der Waals surface area contributed by atoms with Crippen LogP contribution in [0.15, 0.2) is 12.7 Å². The topological polar surface area (TPSA) is 0 Å². The predicted octanol–water partition coefficient (Wildman–Crippen LogP) is 5.83. The van der Waals surface area contributed by atoms with Crippen molar-refractivity contribution < 1.29 is 0 Å². The molecule has 0 saturated carbocycles. The van der Waals surface area contributed by atoms with Gasteiger partial charge in [0.1, 0.15) is 0 Å². The Balaban J connectivity index is 2.87. The Morgan fingerprint density at radius 1 is 0.588 bits per heavy atom. The van der Waals surface area contributed by atoms with Gasteiger partial charge in [-0.1, -0.05) is 6.08 Å². The number of hydrogen-bond acceptors (Lipinski definition) is 0. The molecule has 0 N–H and O–H groups in total. The number of hydrogen-bond donors (Lipinski definition) is 0. The van der Waals surface area contributed by atoms with Gasteiger partial charge in [0.05, 0.1) is 0 Å². The van der Waals surface area contributed by atoms with Gasteiger partial charge in [0, 0.05) is 0 Å². The summed E-state index contributed by atoms with van der Waals surface area (Å²) in [5, 5.41) is 0. The van der Waals surface area contributed by atoms with Crippen LogP contribution in [-0.2, 0) is 0 Å². The normalized spacial score (nSPS) is 10.7. The summed E-state index contributed by atoms with van der Waals surface area (Å²) in [6.07, 6.45) is 20.8. The quantitative estimate of drug-likeness (QED) is 0.205. The third-order valence-electron chi connectivity index (χ3n) is 3.51. The number of allylic oxidation sites excluding steroid dienone is 1. The Kier molecular flexibility index (Phi) is 17.5. The molecular weight excluding hydrogens is 215 g/mol. The third-order valence-corrected chi connectivity index (χ3v) is 4.22. The molecule has 0 aliphatic rings. The Bertz CT molecular complexity index is 142. The van der Waals surface area contributed by atoms with E-state index in [2.05, 4.69) is 6.58 Å². The molecule has 96 valence electrons. The van der Waals surface area contributed by atoms with Crippen LogP contribution in [0.3, 0.4) is 0 Å². The minimum atomic E-state index is 1.21. The molecule has 0 aliphatic carbocycles. The van der Waals surface area contributed by atoms with E-state index in [0.717, 1.165) is 0 Å². The Morgan fingerprint density at radius 3 is 1.29 bits per heavy atom. The molecule has 0 aliphatic heterocycles. The van der Waals surface area contributed by atoms with E-state index < -0.39 is 0 Å². The van der Waals surface area contributed by atoms with Crippen molar-refractivity contribution in [1.82, 2.24) is 0 Å². The summed E-state index contributed by atoms with van der Waals surface area (Å²) in [5.41, 5.74) is 0. The second-order valence-corrected chi connectivity index (χ2v) is 6.32. The van der Waals surface area contributed by atoms with Crippen LogP contribution in [0.25, 0.3) is 0 Å².